The van der Waals surface area contributed by atoms with E-state index >= 15 is 0 Å². The van der Waals surface area contributed by atoms with E-state index < -0.39 is 20.5 Å². The van der Waals surface area contributed by atoms with Crippen LogP contribution in [0.1, 0.15) is 20.8 Å². The van der Waals surface area contributed by atoms with Crippen LogP contribution in [0.3, 0.4) is 0 Å². The summed E-state index contributed by atoms with van der Waals surface area (Å²) in [6, 6.07) is 3.96. The highest BCUT2D eigenvalue weighted by Crippen LogP contribution is 2.34. The first kappa shape index (κ1) is 17.6. The van der Waals surface area contributed by atoms with E-state index in [0.29, 0.717) is 18.8 Å². The molecule has 128 valence electrons. The van der Waals surface area contributed by atoms with Gasteiger partial charge in [-0.1, -0.05) is 0 Å². The zero-order valence-corrected chi connectivity index (χ0v) is 14.4. The van der Waals surface area contributed by atoms with Gasteiger partial charge in [0.25, 0.3) is 5.69 Å². The molecular weight excluding hydrogens is 322 g/mol. The minimum absolute atomic E-state index is 0.0422. The van der Waals surface area contributed by atoms with Crippen molar-refractivity contribution in [3.05, 3.63) is 28.3 Å². The smallest absolute Gasteiger partial charge is 0.293 e. The lowest BCUT2D eigenvalue weighted by molar-refractivity contribution is -0.384. The first-order valence-electron chi connectivity index (χ1n) is 7.13. The van der Waals surface area contributed by atoms with Crippen LogP contribution in [0, 0.1) is 10.1 Å². The highest BCUT2D eigenvalue weighted by molar-refractivity contribution is 7.89. The quantitative estimate of drug-likeness (QED) is 0.642. The number of hydrogen-bond acceptors (Lipinski definition) is 6. The standard InChI is InChI=1S/C14H21N3O5S/c1-14(2,3)15-23(20,21)11-5-6-12(13(7-11)17(18)19)16-8-10(9-16)22-4/h5-7,10,15H,8-9H2,1-4H3. The van der Waals surface area contributed by atoms with Gasteiger partial charge < -0.3 is 9.64 Å². The summed E-state index contributed by atoms with van der Waals surface area (Å²) in [5.74, 6) is 0. The van der Waals surface area contributed by atoms with E-state index in [1.54, 1.807) is 32.8 Å². The fourth-order valence-corrected chi connectivity index (χ4v) is 3.77. The van der Waals surface area contributed by atoms with Crippen LogP contribution < -0.4 is 9.62 Å². The zero-order chi connectivity index (χ0) is 17.4. The Labute approximate surface area is 135 Å². The molecule has 0 saturated carbocycles. The fraction of sp³-hybridized carbons (Fsp3) is 0.571. The van der Waals surface area contributed by atoms with Gasteiger partial charge in [0.2, 0.25) is 10.0 Å². The maximum atomic E-state index is 12.3. The van der Waals surface area contributed by atoms with Gasteiger partial charge in [-0.2, -0.15) is 0 Å². The van der Waals surface area contributed by atoms with Gasteiger partial charge in [0.1, 0.15) is 5.69 Å². The predicted molar refractivity (Wildman–Crippen MR) is 86.2 cm³/mol. The van der Waals surface area contributed by atoms with Crippen LogP contribution in [0.15, 0.2) is 23.1 Å². The number of benzene rings is 1. The van der Waals surface area contributed by atoms with Crippen LogP contribution in [0.2, 0.25) is 0 Å². The molecule has 1 aliphatic heterocycles. The summed E-state index contributed by atoms with van der Waals surface area (Å²) < 4.78 is 32.3. The van der Waals surface area contributed by atoms with Gasteiger partial charge in [-0.05, 0) is 32.9 Å². The third-order valence-electron chi connectivity index (χ3n) is 3.42. The van der Waals surface area contributed by atoms with Gasteiger partial charge in [-0.3, -0.25) is 10.1 Å². The van der Waals surface area contributed by atoms with Crippen molar-refractivity contribution in [1.82, 2.24) is 4.72 Å². The lowest BCUT2D eigenvalue weighted by atomic mass is 10.1. The molecule has 1 fully saturated rings. The Morgan fingerprint density at radius 2 is 1.96 bits per heavy atom. The molecule has 0 spiro atoms. The Kier molecular flexibility index (Phi) is 4.65. The maximum absolute atomic E-state index is 12.3. The van der Waals surface area contributed by atoms with Crippen LogP contribution in [-0.4, -0.2) is 45.2 Å². The summed E-state index contributed by atoms with van der Waals surface area (Å²) in [6.07, 6.45) is 0.0422. The van der Waals surface area contributed by atoms with Crippen molar-refractivity contribution in [3.63, 3.8) is 0 Å². The molecule has 1 aromatic carbocycles. The third kappa shape index (κ3) is 3.98. The largest absolute Gasteiger partial charge is 0.378 e. The first-order chi connectivity index (χ1) is 10.5. The van der Waals surface area contributed by atoms with Gasteiger partial charge in [0.15, 0.2) is 0 Å². The number of nitrogens with one attached hydrogen (secondary N) is 1. The Morgan fingerprint density at radius 1 is 1.35 bits per heavy atom. The normalized spacial score (nSPS) is 16.3. The van der Waals surface area contributed by atoms with E-state index in [0.717, 1.165) is 6.07 Å². The third-order valence-corrected chi connectivity index (χ3v) is 5.17. The van der Waals surface area contributed by atoms with E-state index in [2.05, 4.69) is 4.72 Å². The molecule has 1 heterocycles. The number of nitro groups is 1. The summed E-state index contributed by atoms with van der Waals surface area (Å²) in [7, 11) is -2.23. The van der Waals surface area contributed by atoms with Gasteiger partial charge >= 0.3 is 0 Å². The maximum Gasteiger partial charge on any atom is 0.293 e. The lowest BCUT2D eigenvalue weighted by Crippen LogP contribution is -2.52. The first-order valence-corrected chi connectivity index (χ1v) is 8.62. The van der Waals surface area contributed by atoms with Gasteiger partial charge in [0, 0.05) is 31.8 Å². The monoisotopic (exact) mass is 343 g/mol. The molecule has 8 nitrogen and oxygen atoms in total. The van der Waals surface area contributed by atoms with Crippen molar-refractivity contribution in [3.8, 4) is 0 Å². The van der Waals surface area contributed by atoms with Crippen LogP contribution in [0.4, 0.5) is 11.4 Å². The molecule has 1 aliphatic rings. The topological polar surface area (TPSA) is 102 Å². The number of rotatable bonds is 5. The highest BCUT2D eigenvalue weighted by Gasteiger charge is 2.33. The van der Waals surface area contributed by atoms with Crippen molar-refractivity contribution in [2.75, 3.05) is 25.1 Å². The lowest BCUT2D eigenvalue weighted by Gasteiger charge is -2.39. The molecule has 23 heavy (non-hydrogen) atoms. The average Bonchev–Trinajstić information content (AvgIpc) is 2.34. The van der Waals surface area contributed by atoms with Crippen molar-refractivity contribution in [2.24, 2.45) is 0 Å². The summed E-state index contributed by atoms with van der Waals surface area (Å²) in [5, 5.41) is 11.3. The average molecular weight is 343 g/mol. The van der Waals surface area contributed by atoms with Gasteiger partial charge in [0.05, 0.1) is 15.9 Å². The van der Waals surface area contributed by atoms with E-state index in [4.69, 9.17) is 4.74 Å². The number of anilines is 1. The summed E-state index contributed by atoms with van der Waals surface area (Å²) in [6.45, 7) is 6.21. The summed E-state index contributed by atoms with van der Waals surface area (Å²) in [4.78, 5) is 12.4. The molecular formula is C14H21N3O5S. The Morgan fingerprint density at radius 3 is 2.43 bits per heavy atom. The molecule has 2 rings (SSSR count). The highest BCUT2D eigenvalue weighted by atomic mass is 32.2. The number of nitrogens with zero attached hydrogens (tertiary/aromatic N) is 2. The molecule has 0 aromatic heterocycles. The van der Waals surface area contributed by atoms with Crippen LogP contribution in [-0.2, 0) is 14.8 Å². The zero-order valence-electron chi connectivity index (χ0n) is 13.6. The number of methoxy groups -OCH3 is 1. The van der Waals surface area contributed by atoms with E-state index in [-0.39, 0.29) is 16.7 Å². The molecule has 0 unspecified atom stereocenters. The Bertz CT molecular complexity index is 706. The number of hydrogen-bond donors (Lipinski definition) is 1. The molecule has 9 heteroatoms. The van der Waals surface area contributed by atoms with Crippen LogP contribution in [0.5, 0.6) is 0 Å². The second-order valence-electron chi connectivity index (χ2n) is 6.53. The second kappa shape index (κ2) is 6.06. The molecule has 0 atom stereocenters. The summed E-state index contributed by atoms with van der Waals surface area (Å²) in [5.41, 5.74) is -0.496. The Balaban J connectivity index is 2.35. The molecule has 0 bridgehead atoms. The predicted octanol–water partition coefficient (Wildman–Crippen LogP) is 1.51. The molecule has 0 radical (unpaired) electrons. The number of nitro benzene ring substituents is 1. The van der Waals surface area contributed by atoms with Gasteiger partial charge in [-0.15, -0.1) is 0 Å². The van der Waals surface area contributed by atoms with E-state index in [1.165, 1.54) is 12.1 Å². The van der Waals surface area contributed by atoms with Crippen molar-refractivity contribution < 1.29 is 18.1 Å². The van der Waals surface area contributed by atoms with Crippen molar-refractivity contribution >= 4 is 21.4 Å². The molecule has 1 N–H and O–H groups in total. The minimum Gasteiger partial charge on any atom is -0.378 e. The van der Waals surface area contributed by atoms with E-state index in [1.807, 2.05) is 0 Å². The Hall–Kier alpha value is -1.71. The second-order valence-corrected chi connectivity index (χ2v) is 8.21. The molecule has 0 aliphatic carbocycles. The SMILES string of the molecule is COC1CN(c2ccc(S(=O)(=O)NC(C)(C)C)cc2[N+](=O)[O-])C1. The van der Waals surface area contributed by atoms with Gasteiger partial charge in [-0.25, -0.2) is 13.1 Å². The fourth-order valence-electron chi connectivity index (χ4n) is 2.33. The van der Waals surface area contributed by atoms with Crippen LogP contribution in [0.25, 0.3) is 0 Å². The summed E-state index contributed by atoms with van der Waals surface area (Å²) >= 11 is 0. The van der Waals surface area contributed by atoms with Crippen molar-refractivity contribution in [1.29, 1.82) is 0 Å². The molecule has 1 saturated heterocycles. The number of sulfonamides is 1. The van der Waals surface area contributed by atoms with Crippen LogP contribution >= 0.6 is 0 Å². The number of ether oxygens (including phenoxy) is 1. The van der Waals surface area contributed by atoms with E-state index in [9.17, 15) is 18.5 Å². The minimum atomic E-state index is -3.82. The van der Waals surface area contributed by atoms with Crippen molar-refractivity contribution in [2.45, 2.75) is 37.3 Å². The molecule has 1 aromatic rings. The molecule has 0 amide bonds.